The summed E-state index contributed by atoms with van der Waals surface area (Å²) in [6, 6.07) is 0. The zero-order valence-electron chi connectivity index (χ0n) is 6.74. The van der Waals surface area contributed by atoms with Crippen molar-refractivity contribution in [3.8, 4) is 0 Å². The molecule has 0 fully saturated rings. The zero-order chi connectivity index (χ0) is 8.97. The second-order valence-corrected chi connectivity index (χ2v) is 2.88. The quantitative estimate of drug-likeness (QED) is 0.460. The van der Waals surface area contributed by atoms with E-state index in [1.54, 1.807) is 6.20 Å². The minimum absolute atomic E-state index is 0.177. The molecule has 12 heavy (non-hydrogen) atoms. The Morgan fingerprint density at radius 2 is 2.58 bits per heavy atom. The Hall–Kier alpha value is -1.23. The molecule has 0 saturated heterocycles. The first-order chi connectivity index (χ1) is 5.68. The van der Waals surface area contributed by atoms with Crippen LogP contribution in [-0.2, 0) is 0 Å². The van der Waals surface area contributed by atoms with E-state index in [1.807, 2.05) is 13.0 Å². The summed E-state index contributed by atoms with van der Waals surface area (Å²) in [6.07, 6.45) is 4.27. The maximum absolute atomic E-state index is 5.20. The van der Waals surface area contributed by atoms with Gasteiger partial charge in [-0.05, 0) is 25.2 Å². The van der Waals surface area contributed by atoms with Crippen molar-refractivity contribution in [3.63, 3.8) is 0 Å². The molecule has 3 N–H and O–H groups in total. The first-order valence-corrected chi connectivity index (χ1v) is 3.91. The number of nitrogens with one attached hydrogen (secondary N) is 1. The van der Waals surface area contributed by atoms with Crippen molar-refractivity contribution >= 4 is 28.8 Å². The van der Waals surface area contributed by atoms with E-state index in [9.17, 15) is 0 Å². The van der Waals surface area contributed by atoms with Gasteiger partial charge in [0.15, 0.2) is 5.11 Å². The molecule has 0 unspecified atom stereocenters. The molecule has 1 heterocycles. The summed E-state index contributed by atoms with van der Waals surface area (Å²) in [5.74, 6) is 0. The van der Waals surface area contributed by atoms with E-state index in [-0.39, 0.29) is 5.11 Å². The molecule has 0 aliphatic carbocycles. The Bertz CT molecular complexity index is 277. The van der Waals surface area contributed by atoms with Crippen LogP contribution in [0.15, 0.2) is 22.4 Å². The number of aliphatic imine (C=N–C) groups is 1. The summed E-state index contributed by atoms with van der Waals surface area (Å²) in [6.45, 7) is 1.94. The van der Waals surface area contributed by atoms with E-state index < -0.39 is 0 Å². The number of hydrogen-bond donors (Lipinski definition) is 2. The third kappa shape index (κ3) is 2.79. The van der Waals surface area contributed by atoms with Crippen molar-refractivity contribution < 1.29 is 0 Å². The Labute approximate surface area is 76.2 Å². The molecule has 0 atom stereocenters. The fourth-order valence-corrected chi connectivity index (χ4v) is 0.867. The smallest absolute Gasteiger partial charge is 0.184 e. The van der Waals surface area contributed by atoms with Crippen LogP contribution in [0.2, 0.25) is 0 Å². The molecule has 4 nitrogen and oxygen atoms in total. The van der Waals surface area contributed by atoms with Crippen molar-refractivity contribution in [1.29, 1.82) is 0 Å². The van der Waals surface area contributed by atoms with E-state index in [2.05, 4.69) is 27.7 Å². The molecule has 0 amide bonds. The van der Waals surface area contributed by atoms with Crippen LogP contribution in [0.25, 0.3) is 0 Å². The van der Waals surface area contributed by atoms with Crippen LogP contribution in [0, 0.1) is 0 Å². The third-order valence-corrected chi connectivity index (χ3v) is 1.40. The maximum Gasteiger partial charge on any atom is 0.184 e. The molecule has 0 saturated carbocycles. The molecular formula is C7H10N4S. The standard InChI is InChI=1S/C7H10N4S/c1-5-4-6(2-3-9-5)10-11-7(8)12/h2-3H,4H2,1H3,(H3,8,11,12). The summed E-state index contributed by atoms with van der Waals surface area (Å²) in [4.78, 5) is 4.07. The molecule has 1 aliphatic heterocycles. The molecule has 0 radical (unpaired) electrons. The summed E-state index contributed by atoms with van der Waals surface area (Å²) in [7, 11) is 0. The predicted octanol–water partition coefficient (Wildman–Crippen LogP) is 0.554. The van der Waals surface area contributed by atoms with Crippen molar-refractivity contribution in [1.82, 2.24) is 5.43 Å². The third-order valence-electron chi connectivity index (χ3n) is 1.31. The topological polar surface area (TPSA) is 62.8 Å². The molecule has 5 heteroatoms. The van der Waals surface area contributed by atoms with Gasteiger partial charge < -0.3 is 5.73 Å². The maximum atomic E-state index is 5.20. The van der Waals surface area contributed by atoms with Gasteiger partial charge in [-0.2, -0.15) is 5.10 Å². The van der Waals surface area contributed by atoms with Gasteiger partial charge in [-0.25, -0.2) is 0 Å². The van der Waals surface area contributed by atoms with Gasteiger partial charge >= 0.3 is 0 Å². The lowest BCUT2D eigenvalue weighted by Gasteiger charge is -2.05. The highest BCUT2D eigenvalue weighted by atomic mass is 32.1. The van der Waals surface area contributed by atoms with E-state index in [4.69, 9.17) is 5.73 Å². The van der Waals surface area contributed by atoms with Crippen LogP contribution >= 0.6 is 12.2 Å². The largest absolute Gasteiger partial charge is 0.375 e. The summed E-state index contributed by atoms with van der Waals surface area (Å²) < 4.78 is 0. The fraction of sp³-hybridized carbons (Fsp3) is 0.286. The molecule has 64 valence electrons. The number of allylic oxidation sites excluding steroid dienone is 1. The van der Waals surface area contributed by atoms with Crippen molar-refractivity contribution in [2.75, 3.05) is 0 Å². The second kappa shape index (κ2) is 3.96. The van der Waals surface area contributed by atoms with Gasteiger partial charge in [-0.3, -0.25) is 10.4 Å². The van der Waals surface area contributed by atoms with Crippen LogP contribution in [0.4, 0.5) is 0 Å². The summed E-state index contributed by atoms with van der Waals surface area (Å²) in [5, 5.41) is 4.14. The Morgan fingerprint density at radius 1 is 1.83 bits per heavy atom. The van der Waals surface area contributed by atoms with Gasteiger partial charge in [0, 0.05) is 18.3 Å². The summed E-state index contributed by atoms with van der Waals surface area (Å²) >= 11 is 4.60. The van der Waals surface area contributed by atoms with Crippen LogP contribution < -0.4 is 11.2 Å². The van der Waals surface area contributed by atoms with Crippen LogP contribution in [0.3, 0.4) is 0 Å². The van der Waals surface area contributed by atoms with Gasteiger partial charge in [0.2, 0.25) is 0 Å². The number of hydrogen-bond acceptors (Lipinski definition) is 3. The number of thiocarbonyl (C=S) groups is 1. The Morgan fingerprint density at radius 3 is 3.17 bits per heavy atom. The Balaban J connectivity index is 2.56. The first kappa shape index (κ1) is 8.86. The van der Waals surface area contributed by atoms with Gasteiger partial charge in [0.25, 0.3) is 0 Å². The average Bonchev–Trinajstić information content (AvgIpc) is 2.01. The number of rotatable bonds is 1. The van der Waals surface area contributed by atoms with Gasteiger partial charge in [-0.15, -0.1) is 0 Å². The highest BCUT2D eigenvalue weighted by Gasteiger charge is 2.01. The van der Waals surface area contributed by atoms with E-state index >= 15 is 0 Å². The fourth-order valence-electron chi connectivity index (χ4n) is 0.821. The van der Waals surface area contributed by atoms with Crippen molar-refractivity contribution in [2.24, 2.45) is 15.8 Å². The van der Waals surface area contributed by atoms with Crippen LogP contribution in [-0.4, -0.2) is 16.5 Å². The number of nitrogens with zero attached hydrogens (tertiary/aromatic N) is 2. The van der Waals surface area contributed by atoms with Gasteiger partial charge in [0.05, 0.1) is 5.71 Å². The second-order valence-electron chi connectivity index (χ2n) is 2.44. The lowest BCUT2D eigenvalue weighted by atomic mass is 10.1. The number of nitrogens with two attached hydrogens (primary N) is 1. The minimum atomic E-state index is 0.177. The van der Waals surface area contributed by atoms with E-state index in [0.717, 1.165) is 17.8 Å². The SMILES string of the molecule is CC1=NC=CC(=NNC(N)=S)C1. The first-order valence-electron chi connectivity index (χ1n) is 3.50. The average molecular weight is 182 g/mol. The zero-order valence-corrected chi connectivity index (χ0v) is 7.56. The molecule has 0 aromatic carbocycles. The van der Waals surface area contributed by atoms with Crippen molar-refractivity contribution in [3.05, 3.63) is 12.3 Å². The lowest BCUT2D eigenvalue weighted by molar-refractivity contribution is 1.02. The molecule has 0 spiro atoms. The lowest BCUT2D eigenvalue weighted by Crippen LogP contribution is -2.25. The molecular weight excluding hydrogens is 172 g/mol. The van der Waals surface area contributed by atoms with E-state index in [0.29, 0.717) is 0 Å². The normalized spacial score (nSPS) is 19.1. The highest BCUT2D eigenvalue weighted by molar-refractivity contribution is 7.80. The minimum Gasteiger partial charge on any atom is -0.375 e. The van der Waals surface area contributed by atoms with Crippen LogP contribution in [0.1, 0.15) is 13.3 Å². The Kier molecular flexibility index (Phi) is 2.93. The highest BCUT2D eigenvalue weighted by Crippen LogP contribution is 1.99. The monoisotopic (exact) mass is 182 g/mol. The van der Waals surface area contributed by atoms with Gasteiger partial charge in [-0.1, -0.05) is 0 Å². The predicted molar refractivity (Wildman–Crippen MR) is 54.2 cm³/mol. The van der Waals surface area contributed by atoms with Crippen molar-refractivity contribution in [2.45, 2.75) is 13.3 Å². The molecule has 1 rings (SSSR count). The van der Waals surface area contributed by atoms with Crippen LogP contribution in [0.5, 0.6) is 0 Å². The number of hydrazone groups is 1. The molecule has 0 aromatic heterocycles. The van der Waals surface area contributed by atoms with E-state index in [1.165, 1.54) is 0 Å². The molecule has 0 bridgehead atoms. The molecule has 1 aliphatic rings. The summed E-state index contributed by atoms with van der Waals surface area (Å²) in [5.41, 5.74) is 9.64. The van der Waals surface area contributed by atoms with Gasteiger partial charge in [0.1, 0.15) is 0 Å². The molecule has 0 aromatic rings.